The molecule has 0 aliphatic rings. The van der Waals surface area contributed by atoms with Gasteiger partial charge < -0.3 is 4.74 Å². The third-order valence-corrected chi connectivity index (χ3v) is 4.47. The lowest BCUT2D eigenvalue weighted by Crippen LogP contribution is -2.42. The number of nitrogens with two attached hydrogens (primary N) is 1. The van der Waals surface area contributed by atoms with Crippen LogP contribution in [-0.4, -0.2) is 13.2 Å². The van der Waals surface area contributed by atoms with Gasteiger partial charge in [0.2, 0.25) is 0 Å². The zero-order valence-corrected chi connectivity index (χ0v) is 12.2. The number of hydrogen-bond acceptors (Lipinski definition) is 4. The molecule has 0 aliphatic carbocycles. The van der Waals surface area contributed by atoms with Gasteiger partial charge in [0.05, 0.1) is 17.2 Å². The maximum Gasteiger partial charge on any atom is 0.0991 e. The minimum atomic E-state index is -0.107. The number of ether oxygens (including phenoxy) is 1. The third-order valence-electron chi connectivity index (χ3n) is 3.06. The molecule has 0 radical (unpaired) electrons. The molecule has 0 amide bonds. The zero-order valence-electron chi connectivity index (χ0n) is 10.7. The summed E-state index contributed by atoms with van der Waals surface area (Å²) >= 11 is 7.77. The molecular formula is C14H17ClN2OS. The van der Waals surface area contributed by atoms with E-state index < -0.39 is 0 Å². The van der Waals surface area contributed by atoms with Crippen molar-refractivity contribution in [2.75, 3.05) is 7.11 Å². The van der Waals surface area contributed by atoms with E-state index in [0.717, 1.165) is 21.9 Å². The van der Waals surface area contributed by atoms with Gasteiger partial charge in [0.15, 0.2) is 0 Å². The summed E-state index contributed by atoms with van der Waals surface area (Å²) in [6, 6.07) is 11.9. The zero-order chi connectivity index (χ0) is 13.7. The van der Waals surface area contributed by atoms with E-state index in [1.807, 2.05) is 41.8 Å². The fourth-order valence-electron chi connectivity index (χ4n) is 2.10. The molecule has 3 nitrogen and oxygen atoms in total. The number of nitrogens with one attached hydrogen (secondary N) is 1. The molecule has 2 rings (SSSR count). The van der Waals surface area contributed by atoms with E-state index in [4.69, 9.17) is 22.2 Å². The quantitative estimate of drug-likeness (QED) is 0.636. The molecule has 0 fully saturated rings. The fraction of sp³-hybridized carbons (Fsp3) is 0.286. The standard InChI is InChI=1S/C14H17ClN2OS/c1-18-14(10-5-3-2-4-6-10)12(17-16)9-13-11(15)7-8-19-13/h2-8,12,14,17H,9,16H2,1H3. The van der Waals surface area contributed by atoms with Gasteiger partial charge in [0.1, 0.15) is 0 Å². The lowest BCUT2D eigenvalue weighted by molar-refractivity contribution is 0.0681. The van der Waals surface area contributed by atoms with E-state index in [1.165, 1.54) is 0 Å². The lowest BCUT2D eigenvalue weighted by atomic mass is 9.99. The number of rotatable bonds is 6. The molecule has 5 heteroatoms. The highest BCUT2D eigenvalue weighted by molar-refractivity contribution is 7.10. The van der Waals surface area contributed by atoms with Crippen LogP contribution in [0.5, 0.6) is 0 Å². The average molecular weight is 297 g/mol. The van der Waals surface area contributed by atoms with Gasteiger partial charge in [-0.05, 0) is 17.0 Å². The summed E-state index contributed by atoms with van der Waals surface area (Å²) in [6.45, 7) is 0. The van der Waals surface area contributed by atoms with E-state index >= 15 is 0 Å². The second-order valence-electron chi connectivity index (χ2n) is 4.24. The van der Waals surface area contributed by atoms with Gasteiger partial charge in [-0.3, -0.25) is 11.3 Å². The van der Waals surface area contributed by atoms with Gasteiger partial charge in [0.25, 0.3) is 0 Å². The van der Waals surface area contributed by atoms with E-state index in [2.05, 4.69) is 5.43 Å². The van der Waals surface area contributed by atoms with Crippen LogP contribution >= 0.6 is 22.9 Å². The summed E-state index contributed by atoms with van der Waals surface area (Å²) in [5.74, 6) is 5.68. The Morgan fingerprint density at radius 1 is 1.32 bits per heavy atom. The van der Waals surface area contributed by atoms with Gasteiger partial charge in [0, 0.05) is 18.4 Å². The van der Waals surface area contributed by atoms with E-state index in [9.17, 15) is 0 Å². The first kappa shape index (κ1) is 14.5. The first-order valence-electron chi connectivity index (χ1n) is 6.02. The molecule has 1 heterocycles. The van der Waals surface area contributed by atoms with E-state index in [-0.39, 0.29) is 12.1 Å². The van der Waals surface area contributed by atoms with Crippen LogP contribution in [0.25, 0.3) is 0 Å². The SMILES string of the molecule is COC(c1ccccc1)C(Cc1sccc1Cl)NN. The van der Waals surface area contributed by atoms with Crippen molar-refractivity contribution in [1.29, 1.82) is 0 Å². The molecule has 3 N–H and O–H groups in total. The maximum atomic E-state index is 6.14. The van der Waals surface area contributed by atoms with Crippen molar-refractivity contribution in [2.45, 2.75) is 18.6 Å². The van der Waals surface area contributed by atoms with E-state index in [1.54, 1.807) is 18.4 Å². The number of halogens is 1. The van der Waals surface area contributed by atoms with Crippen LogP contribution in [-0.2, 0) is 11.2 Å². The van der Waals surface area contributed by atoms with Crippen molar-refractivity contribution in [3.63, 3.8) is 0 Å². The van der Waals surface area contributed by atoms with Crippen molar-refractivity contribution < 1.29 is 4.74 Å². The normalized spacial score (nSPS) is 14.3. The summed E-state index contributed by atoms with van der Waals surface area (Å²) in [7, 11) is 1.69. The molecule has 0 spiro atoms. The minimum absolute atomic E-state index is 0.0245. The first-order valence-corrected chi connectivity index (χ1v) is 7.27. The molecular weight excluding hydrogens is 280 g/mol. The summed E-state index contributed by atoms with van der Waals surface area (Å²) in [5, 5.41) is 2.77. The summed E-state index contributed by atoms with van der Waals surface area (Å²) in [5.41, 5.74) is 3.94. The van der Waals surface area contributed by atoms with Crippen molar-refractivity contribution in [3.05, 3.63) is 57.2 Å². The summed E-state index contributed by atoms with van der Waals surface area (Å²) < 4.78 is 5.60. The Labute approximate surface area is 122 Å². The van der Waals surface area contributed by atoms with Crippen molar-refractivity contribution >= 4 is 22.9 Å². The molecule has 0 bridgehead atoms. The van der Waals surface area contributed by atoms with Gasteiger partial charge in [-0.25, -0.2) is 0 Å². The van der Waals surface area contributed by atoms with Crippen molar-refractivity contribution in [3.8, 4) is 0 Å². The second kappa shape index (κ2) is 7.03. The smallest absolute Gasteiger partial charge is 0.0991 e. The molecule has 0 saturated heterocycles. The van der Waals surface area contributed by atoms with Crippen LogP contribution in [0.1, 0.15) is 16.5 Å². The predicted molar refractivity (Wildman–Crippen MR) is 80.3 cm³/mol. The van der Waals surface area contributed by atoms with Gasteiger partial charge >= 0.3 is 0 Å². The lowest BCUT2D eigenvalue weighted by Gasteiger charge is -2.25. The maximum absolute atomic E-state index is 6.14. The number of benzene rings is 1. The molecule has 2 aromatic rings. The predicted octanol–water partition coefficient (Wildman–Crippen LogP) is 3.16. The molecule has 1 aromatic carbocycles. The van der Waals surface area contributed by atoms with Crippen LogP contribution in [0.4, 0.5) is 0 Å². The number of hydrazine groups is 1. The monoisotopic (exact) mass is 296 g/mol. The van der Waals surface area contributed by atoms with Crippen LogP contribution in [0, 0.1) is 0 Å². The highest BCUT2D eigenvalue weighted by Crippen LogP contribution is 2.28. The Balaban J connectivity index is 2.17. The summed E-state index contributed by atoms with van der Waals surface area (Å²) in [4.78, 5) is 1.11. The third kappa shape index (κ3) is 3.55. The second-order valence-corrected chi connectivity index (χ2v) is 5.64. The van der Waals surface area contributed by atoms with Crippen molar-refractivity contribution in [2.24, 2.45) is 5.84 Å². The topological polar surface area (TPSA) is 47.3 Å². The summed E-state index contributed by atoms with van der Waals surface area (Å²) in [6.07, 6.45) is 0.629. The van der Waals surface area contributed by atoms with Gasteiger partial charge in [-0.1, -0.05) is 41.9 Å². The van der Waals surface area contributed by atoms with Crippen molar-refractivity contribution in [1.82, 2.24) is 5.43 Å². The van der Waals surface area contributed by atoms with E-state index in [0.29, 0.717) is 0 Å². The number of hydrogen-bond donors (Lipinski definition) is 2. The van der Waals surface area contributed by atoms with Crippen LogP contribution < -0.4 is 11.3 Å². The Hall–Kier alpha value is -0.910. The Morgan fingerprint density at radius 3 is 2.58 bits per heavy atom. The largest absolute Gasteiger partial charge is 0.375 e. The minimum Gasteiger partial charge on any atom is -0.375 e. The Bertz CT molecular complexity index is 503. The molecule has 19 heavy (non-hydrogen) atoms. The Morgan fingerprint density at radius 2 is 2.05 bits per heavy atom. The highest BCUT2D eigenvalue weighted by atomic mass is 35.5. The van der Waals surface area contributed by atoms with Crippen LogP contribution in [0.2, 0.25) is 5.02 Å². The number of thiophene rings is 1. The number of methoxy groups -OCH3 is 1. The molecule has 1 aromatic heterocycles. The molecule has 0 aliphatic heterocycles. The van der Waals surface area contributed by atoms with Gasteiger partial charge in [-0.2, -0.15) is 0 Å². The van der Waals surface area contributed by atoms with Gasteiger partial charge in [-0.15, -0.1) is 11.3 Å². The first-order chi connectivity index (χ1) is 9.26. The molecule has 2 atom stereocenters. The van der Waals surface area contributed by atoms with Crippen LogP contribution in [0.15, 0.2) is 41.8 Å². The van der Waals surface area contributed by atoms with Crippen LogP contribution in [0.3, 0.4) is 0 Å². The highest BCUT2D eigenvalue weighted by Gasteiger charge is 2.23. The average Bonchev–Trinajstić information content (AvgIpc) is 2.85. The molecule has 2 unspecified atom stereocenters. The molecule has 102 valence electrons. The Kier molecular flexibility index (Phi) is 5.36. The fourth-order valence-corrected chi connectivity index (χ4v) is 3.27. The molecule has 0 saturated carbocycles.